The van der Waals surface area contributed by atoms with Crippen molar-refractivity contribution in [2.24, 2.45) is 0 Å². The number of likely N-dealkylation sites (tertiary alicyclic amines) is 1. The van der Waals surface area contributed by atoms with E-state index >= 15 is 0 Å². The molecule has 0 aliphatic carbocycles. The standard InChI is InChI=1S/C25H25ClFN3O2/c26-19-9-4-18(5-10-19)16-30-14-2-1-3-23(30)24-28-15-21(25(31)32)22(29-24)13-8-17-6-11-20(27)12-7-17/h4-7,9-12,15,23H,1-3,8,13-14,16H2,(H,31,32)/t23-/m0/s1. The van der Waals surface area contributed by atoms with Gasteiger partial charge in [-0.25, -0.2) is 19.2 Å². The number of benzene rings is 2. The van der Waals surface area contributed by atoms with Gasteiger partial charge < -0.3 is 5.11 Å². The minimum atomic E-state index is -1.03. The third-order valence-corrected chi connectivity index (χ3v) is 6.14. The van der Waals surface area contributed by atoms with Crippen LogP contribution in [-0.2, 0) is 19.4 Å². The molecule has 0 saturated carbocycles. The number of hydrogen-bond donors (Lipinski definition) is 1. The molecule has 1 atom stereocenters. The molecule has 32 heavy (non-hydrogen) atoms. The van der Waals surface area contributed by atoms with Gasteiger partial charge in [-0.05, 0) is 67.6 Å². The molecular formula is C25H25ClFN3O2. The maximum absolute atomic E-state index is 13.2. The number of halogens is 2. The Morgan fingerprint density at radius 3 is 2.50 bits per heavy atom. The molecule has 7 heteroatoms. The highest BCUT2D eigenvalue weighted by Crippen LogP contribution is 2.31. The van der Waals surface area contributed by atoms with Crippen LogP contribution < -0.4 is 0 Å². The van der Waals surface area contributed by atoms with Crippen LogP contribution in [0.1, 0.15) is 58.3 Å². The van der Waals surface area contributed by atoms with E-state index < -0.39 is 5.97 Å². The van der Waals surface area contributed by atoms with E-state index in [1.54, 1.807) is 12.1 Å². The fourth-order valence-corrected chi connectivity index (χ4v) is 4.30. The molecule has 0 amide bonds. The summed E-state index contributed by atoms with van der Waals surface area (Å²) in [7, 11) is 0. The molecule has 1 saturated heterocycles. The van der Waals surface area contributed by atoms with Gasteiger partial charge in [0.2, 0.25) is 0 Å². The number of carbonyl (C=O) groups is 1. The van der Waals surface area contributed by atoms with Crippen molar-refractivity contribution in [3.05, 3.63) is 93.8 Å². The zero-order valence-electron chi connectivity index (χ0n) is 17.7. The zero-order chi connectivity index (χ0) is 22.5. The predicted octanol–water partition coefficient (Wildman–Crippen LogP) is 5.48. The van der Waals surface area contributed by atoms with Gasteiger partial charge in [0.05, 0.1) is 17.3 Å². The Labute approximate surface area is 191 Å². The maximum atomic E-state index is 13.2. The number of aromatic carboxylic acids is 1. The van der Waals surface area contributed by atoms with Crippen molar-refractivity contribution in [1.29, 1.82) is 0 Å². The Kier molecular flexibility index (Phi) is 7.12. The third-order valence-electron chi connectivity index (χ3n) is 5.89. The summed E-state index contributed by atoms with van der Waals surface area (Å²) in [4.78, 5) is 23.3. The lowest BCUT2D eigenvalue weighted by Crippen LogP contribution is -2.34. The average Bonchev–Trinajstić information content (AvgIpc) is 2.80. The van der Waals surface area contributed by atoms with Crippen LogP contribution in [-0.4, -0.2) is 32.5 Å². The normalized spacial score (nSPS) is 16.8. The van der Waals surface area contributed by atoms with Crippen LogP contribution in [0.2, 0.25) is 5.02 Å². The smallest absolute Gasteiger partial charge is 0.339 e. The van der Waals surface area contributed by atoms with Crippen LogP contribution in [0.3, 0.4) is 0 Å². The molecule has 1 aromatic heterocycles. The van der Waals surface area contributed by atoms with Crippen molar-refractivity contribution in [2.45, 2.75) is 44.7 Å². The van der Waals surface area contributed by atoms with Crippen LogP contribution >= 0.6 is 11.6 Å². The van der Waals surface area contributed by atoms with Crippen LogP contribution in [0.5, 0.6) is 0 Å². The fourth-order valence-electron chi connectivity index (χ4n) is 4.17. The maximum Gasteiger partial charge on any atom is 0.339 e. The van der Waals surface area contributed by atoms with Gasteiger partial charge in [0.1, 0.15) is 11.6 Å². The molecule has 1 N–H and O–H groups in total. The summed E-state index contributed by atoms with van der Waals surface area (Å²) in [5.41, 5.74) is 2.74. The second kappa shape index (κ2) is 10.2. The second-order valence-electron chi connectivity index (χ2n) is 8.13. The first-order valence-electron chi connectivity index (χ1n) is 10.8. The number of nitrogens with zero attached hydrogens (tertiary/aromatic N) is 3. The van der Waals surface area contributed by atoms with E-state index in [-0.39, 0.29) is 17.4 Å². The molecule has 0 radical (unpaired) electrons. The lowest BCUT2D eigenvalue weighted by atomic mass is 9.99. The molecule has 0 spiro atoms. The zero-order valence-corrected chi connectivity index (χ0v) is 18.4. The van der Waals surface area contributed by atoms with Crippen molar-refractivity contribution < 1.29 is 14.3 Å². The Hall–Kier alpha value is -2.83. The number of aromatic nitrogens is 2. The minimum Gasteiger partial charge on any atom is -0.478 e. The predicted molar refractivity (Wildman–Crippen MR) is 121 cm³/mol. The minimum absolute atomic E-state index is 0.0341. The molecule has 2 aromatic carbocycles. The Morgan fingerprint density at radius 1 is 1.06 bits per heavy atom. The topological polar surface area (TPSA) is 66.3 Å². The second-order valence-corrected chi connectivity index (χ2v) is 8.57. The lowest BCUT2D eigenvalue weighted by molar-refractivity contribution is 0.0694. The van der Waals surface area contributed by atoms with Crippen LogP contribution in [0, 0.1) is 5.82 Å². The third kappa shape index (κ3) is 5.50. The van der Waals surface area contributed by atoms with E-state index in [0.29, 0.717) is 29.4 Å². The Bertz CT molecular complexity index is 1070. The summed E-state index contributed by atoms with van der Waals surface area (Å²) in [5.74, 6) is -0.660. The summed E-state index contributed by atoms with van der Waals surface area (Å²) in [6.45, 7) is 1.69. The Morgan fingerprint density at radius 2 is 1.78 bits per heavy atom. The number of hydrogen-bond acceptors (Lipinski definition) is 4. The van der Waals surface area contributed by atoms with Crippen LogP contribution in [0.25, 0.3) is 0 Å². The molecule has 166 valence electrons. The highest BCUT2D eigenvalue weighted by Gasteiger charge is 2.27. The number of carboxylic acid groups (broad SMARTS) is 1. The molecular weight excluding hydrogens is 429 g/mol. The molecule has 2 heterocycles. The number of rotatable bonds is 7. The summed E-state index contributed by atoms with van der Waals surface area (Å²) < 4.78 is 13.2. The van der Waals surface area contributed by atoms with Gasteiger partial charge in [-0.2, -0.15) is 0 Å². The van der Waals surface area contributed by atoms with Crippen molar-refractivity contribution in [3.63, 3.8) is 0 Å². The highest BCUT2D eigenvalue weighted by molar-refractivity contribution is 6.30. The van der Waals surface area contributed by atoms with Crippen molar-refractivity contribution >= 4 is 17.6 Å². The summed E-state index contributed by atoms with van der Waals surface area (Å²) in [6, 6.07) is 14.1. The van der Waals surface area contributed by atoms with Crippen molar-refractivity contribution in [3.8, 4) is 0 Å². The van der Waals surface area contributed by atoms with Crippen LogP contribution in [0.4, 0.5) is 4.39 Å². The van der Waals surface area contributed by atoms with E-state index in [4.69, 9.17) is 16.6 Å². The number of carboxylic acids is 1. The van der Waals surface area contributed by atoms with Crippen LogP contribution in [0.15, 0.2) is 54.7 Å². The SMILES string of the molecule is O=C(O)c1cnc([C@@H]2CCCCN2Cc2ccc(Cl)cc2)nc1CCc1ccc(F)cc1. The van der Waals surface area contributed by atoms with Crippen molar-refractivity contribution in [1.82, 2.24) is 14.9 Å². The lowest BCUT2D eigenvalue weighted by Gasteiger charge is -2.35. The average molecular weight is 454 g/mol. The molecule has 1 aliphatic rings. The molecule has 1 fully saturated rings. The molecule has 1 aliphatic heterocycles. The molecule has 0 unspecified atom stereocenters. The van der Waals surface area contributed by atoms with Crippen molar-refractivity contribution in [2.75, 3.05) is 6.54 Å². The van der Waals surface area contributed by atoms with E-state index in [9.17, 15) is 14.3 Å². The van der Waals surface area contributed by atoms with Gasteiger partial charge in [-0.15, -0.1) is 0 Å². The quantitative estimate of drug-likeness (QED) is 0.513. The van der Waals surface area contributed by atoms with Gasteiger partial charge >= 0.3 is 5.97 Å². The summed E-state index contributed by atoms with van der Waals surface area (Å²) in [6.07, 6.45) is 5.57. The first kappa shape index (κ1) is 22.4. The molecule has 3 aromatic rings. The van der Waals surface area contributed by atoms with Gasteiger partial charge in [0, 0.05) is 17.8 Å². The van der Waals surface area contributed by atoms with Gasteiger partial charge in [-0.1, -0.05) is 42.3 Å². The first-order chi connectivity index (χ1) is 15.5. The van der Waals surface area contributed by atoms with E-state index in [1.807, 2.05) is 24.3 Å². The molecule has 5 nitrogen and oxygen atoms in total. The number of aryl methyl sites for hydroxylation is 2. The molecule has 4 rings (SSSR count). The largest absolute Gasteiger partial charge is 0.478 e. The summed E-state index contributed by atoms with van der Waals surface area (Å²) in [5, 5.41) is 10.3. The van der Waals surface area contributed by atoms with Gasteiger partial charge in [0.25, 0.3) is 0 Å². The highest BCUT2D eigenvalue weighted by atomic mass is 35.5. The van der Waals surface area contributed by atoms with Gasteiger partial charge in [0.15, 0.2) is 0 Å². The van der Waals surface area contributed by atoms with E-state index in [1.165, 1.54) is 23.9 Å². The van der Waals surface area contributed by atoms with Gasteiger partial charge in [-0.3, -0.25) is 4.90 Å². The fraction of sp³-hybridized carbons (Fsp3) is 0.320. The first-order valence-corrected chi connectivity index (χ1v) is 11.2. The summed E-state index contributed by atoms with van der Waals surface area (Å²) >= 11 is 6.02. The van der Waals surface area contributed by atoms with E-state index in [2.05, 4.69) is 9.88 Å². The molecule has 0 bridgehead atoms. The Balaban J connectivity index is 1.56. The monoisotopic (exact) mass is 453 g/mol. The number of piperidine rings is 1. The van der Waals surface area contributed by atoms with E-state index in [0.717, 1.165) is 37.9 Å².